The summed E-state index contributed by atoms with van der Waals surface area (Å²) in [7, 11) is 0. The minimum Gasteiger partial charge on any atom is -0.459 e. The summed E-state index contributed by atoms with van der Waals surface area (Å²) >= 11 is 3.65. The molecule has 2 nitrogen and oxygen atoms in total. The molecule has 2 aromatic rings. The van der Waals surface area contributed by atoms with Gasteiger partial charge in [-0.25, -0.2) is 0 Å². The van der Waals surface area contributed by atoms with Crippen LogP contribution in [0.25, 0.3) is 11.0 Å². The second kappa shape index (κ2) is 4.71. The molecule has 1 aliphatic rings. The lowest BCUT2D eigenvalue weighted by molar-refractivity contribution is 0.506. The largest absolute Gasteiger partial charge is 0.459 e. The lowest BCUT2D eigenvalue weighted by atomic mass is 10.1. The van der Waals surface area contributed by atoms with Crippen LogP contribution in [0.5, 0.6) is 0 Å². The highest BCUT2D eigenvalue weighted by Gasteiger charge is 2.22. The summed E-state index contributed by atoms with van der Waals surface area (Å²) in [4.78, 5) is 0. The third-order valence-corrected chi connectivity index (χ3v) is 4.31. The van der Waals surface area contributed by atoms with Crippen LogP contribution in [0, 0.1) is 6.92 Å². The second-order valence-corrected chi connectivity index (χ2v) is 5.94. The summed E-state index contributed by atoms with van der Waals surface area (Å²) in [6.45, 7) is 5.16. The molecule has 0 amide bonds. The molecule has 18 heavy (non-hydrogen) atoms. The Morgan fingerprint density at radius 2 is 2.17 bits per heavy atom. The molecule has 3 rings (SSSR count). The van der Waals surface area contributed by atoms with Gasteiger partial charge < -0.3 is 9.73 Å². The lowest BCUT2D eigenvalue weighted by Crippen LogP contribution is -2.15. The average Bonchev–Trinajstić information content (AvgIpc) is 3.11. The third-order valence-electron chi connectivity index (χ3n) is 3.65. The summed E-state index contributed by atoms with van der Waals surface area (Å²) < 4.78 is 7.23. The maximum Gasteiger partial charge on any atom is 0.138 e. The lowest BCUT2D eigenvalue weighted by Gasteiger charge is -2.02. The number of rotatable bonds is 4. The standard InChI is InChI=1S/C15H18BrNO/c1-3-11-13(8-17-10-5-6-10)18-15-9(2)4-7-12(16)14(11)15/h4,7,10,17H,3,5-6,8H2,1-2H3. The van der Waals surface area contributed by atoms with E-state index in [4.69, 9.17) is 4.42 Å². The van der Waals surface area contributed by atoms with Gasteiger partial charge in [-0.3, -0.25) is 0 Å². The number of halogens is 1. The van der Waals surface area contributed by atoms with E-state index in [1.165, 1.54) is 29.4 Å². The van der Waals surface area contributed by atoms with Crippen molar-refractivity contribution in [3.63, 3.8) is 0 Å². The zero-order valence-corrected chi connectivity index (χ0v) is 12.4. The zero-order chi connectivity index (χ0) is 12.7. The maximum absolute atomic E-state index is 6.09. The van der Waals surface area contributed by atoms with Crippen molar-refractivity contribution in [2.45, 2.75) is 45.7 Å². The fourth-order valence-corrected chi connectivity index (χ4v) is 2.99. The molecule has 1 fully saturated rings. The predicted octanol–water partition coefficient (Wildman–Crippen LogP) is 4.32. The van der Waals surface area contributed by atoms with Crippen LogP contribution in [0.4, 0.5) is 0 Å². The zero-order valence-electron chi connectivity index (χ0n) is 10.8. The van der Waals surface area contributed by atoms with Crippen molar-refractivity contribution in [3.05, 3.63) is 33.5 Å². The molecular formula is C15H18BrNO. The molecule has 0 aliphatic heterocycles. The molecular weight excluding hydrogens is 290 g/mol. The third kappa shape index (κ3) is 2.10. The number of nitrogens with one attached hydrogen (secondary N) is 1. The van der Waals surface area contributed by atoms with Crippen LogP contribution in [0.2, 0.25) is 0 Å². The summed E-state index contributed by atoms with van der Waals surface area (Å²) in [5, 5.41) is 4.79. The van der Waals surface area contributed by atoms with Crippen LogP contribution in [0.1, 0.15) is 36.7 Å². The highest BCUT2D eigenvalue weighted by molar-refractivity contribution is 9.10. The van der Waals surface area contributed by atoms with Crippen molar-refractivity contribution in [1.29, 1.82) is 0 Å². The monoisotopic (exact) mass is 307 g/mol. The first kappa shape index (κ1) is 12.2. The van der Waals surface area contributed by atoms with Gasteiger partial charge in [0, 0.05) is 21.5 Å². The number of aryl methyl sites for hydroxylation is 2. The molecule has 1 N–H and O–H groups in total. The number of furan rings is 1. The van der Waals surface area contributed by atoms with E-state index >= 15 is 0 Å². The molecule has 96 valence electrons. The van der Waals surface area contributed by atoms with Crippen LogP contribution in [-0.4, -0.2) is 6.04 Å². The van der Waals surface area contributed by atoms with Crippen molar-refractivity contribution < 1.29 is 4.42 Å². The SMILES string of the molecule is CCc1c(CNC2CC2)oc2c(C)ccc(Br)c12. The Bertz CT molecular complexity index is 584. The minimum absolute atomic E-state index is 0.715. The van der Waals surface area contributed by atoms with E-state index in [1.807, 2.05) is 0 Å². The molecule has 1 aromatic heterocycles. The van der Waals surface area contributed by atoms with Gasteiger partial charge in [0.25, 0.3) is 0 Å². The van der Waals surface area contributed by atoms with Crippen LogP contribution >= 0.6 is 15.9 Å². The Morgan fingerprint density at radius 3 is 2.83 bits per heavy atom. The molecule has 3 heteroatoms. The predicted molar refractivity (Wildman–Crippen MR) is 77.9 cm³/mol. The molecule has 0 bridgehead atoms. The molecule has 0 saturated heterocycles. The highest BCUT2D eigenvalue weighted by atomic mass is 79.9. The van der Waals surface area contributed by atoms with Gasteiger partial charge in [0.05, 0.1) is 6.54 Å². The van der Waals surface area contributed by atoms with Crippen molar-refractivity contribution in [3.8, 4) is 0 Å². The molecule has 1 aromatic carbocycles. The first-order valence-electron chi connectivity index (χ1n) is 6.63. The van der Waals surface area contributed by atoms with E-state index in [0.717, 1.165) is 28.8 Å². The summed E-state index contributed by atoms with van der Waals surface area (Å²) in [6.07, 6.45) is 3.63. The molecule has 1 aliphatic carbocycles. The van der Waals surface area contributed by atoms with Gasteiger partial charge in [-0.1, -0.05) is 28.9 Å². The Morgan fingerprint density at radius 1 is 1.39 bits per heavy atom. The number of hydrogen-bond acceptors (Lipinski definition) is 2. The average molecular weight is 308 g/mol. The van der Waals surface area contributed by atoms with Gasteiger partial charge in [0.2, 0.25) is 0 Å². The summed E-state index contributed by atoms with van der Waals surface area (Å²) in [6, 6.07) is 4.94. The summed E-state index contributed by atoms with van der Waals surface area (Å²) in [5.41, 5.74) is 3.59. The van der Waals surface area contributed by atoms with E-state index in [-0.39, 0.29) is 0 Å². The fraction of sp³-hybridized carbons (Fsp3) is 0.467. The topological polar surface area (TPSA) is 25.2 Å². The first-order valence-corrected chi connectivity index (χ1v) is 7.42. The molecule has 0 radical (unpaired) electrons. The minimum atomic E-state index is 0.715. The van der Waals surface area contributed by atoms with Gasteiger partial charge in [-0.2, -0.15) is 0 Å². The second-order valence-electron chi connectivity index (χ2n) is 5.08. The van der Waals surface area contributed by atoms with Gasteiger partial charge in [-0.15, -0.1) is 0 Å². The van der Waals surface area contributed by atoms with Gasteiger partial charge in [0.15, 0.2) is 0 Å². The van der Waals surface area contributed by atoms with E-state index < -0.39 is 0 Å². The fourth-order valence-electron chi connectivity index (χ4n) is 2.44. The van der Waals surface area contributed by atoms with Crippen molar-refractivity contribution in [2.24, 2.45) is 0 Å². The van der Waals surface area contributed by atoms with Crippen LogP contribution < -0.4 is 5.32 Å². The maximum atomic E-state index is 6.09. The van der Waals surface area contributed by atoms with Gasteiger partial charge in [-0.05, 0) is 37.8 Å². The van der Waals surface area contributed by atoms with E-state index in [0.29, 0.717) is 6.04 Å². The normalized spacial score (nSPS) is 15.5. The molecule has 0 unspecified atom stereocenters. The van der Waals surface area contributed by atoms with E-state index in [9.17, 15) is 0 Å². The van der Waals surface area contributed by atoms with Gasteiger partial charge >= 0.3 is 0 Å². The Hall–Kier alpha value is -0.800. The van der Waals surface area contributed by atoms with Gasteiger partial charge in [0.1, 0.15) is 11.3 Å². The first-order chi connectivity index (χ1) is 8.70. The van der Waals surface area contributed by atoms with E-state index in [1.54, 1.807) is 0 Å². The molecule has 0 spiro atoms. The van der Waals surface area contributed by atoms with Crippen molar-refractivity contribution in [2.75, 3.05) is 0 Å². The van der Waals surface area contributed by atoms with Crippen molar-refractivity contribution >= 4 is 26.9 Å². The Kier molecular flexibility index (Phi) is 3.20. The summed E-state index contributed by atoms with van der Waals surface area (Å²) in [5.74, 6) is 1.11. The van der Waals surface area contributed by atoms with Crippen LogP contribution in [-0.2, 0) is 13.0 Å². The quantitative estimate of drug-likeness (QED) is 0.910. The Balaban J connectivity index is 2.06. The molecule has 0 atom stereocenters. The number of fused-ring (bicyclic) bond motifs is 1. The molecule has 1 heterocycles. The van der Waals surface area contributed by atoms with E-state index in [2.05, 4.69) is 47.2 Å². The van der Waals surface area contributed by atoms with Crippen molar-refractivity contribution in [1.82, 2.24) is 5.32 Å². The smallest absolute Gasteiger partial charge is 0.138 e. The van der Waals surface area contributed by atoms with Crippen LogP contribution in [0.3, 0.4) is 0 Å². The molecule has 1 saturated carbocycles. The highest BCUT2D eigenvalue weighted by Crippen LogP contribution is 2.35. The Labute approximate surface area is 116 Å². The number of benzene rings is 1. The number of hydrogen-bond donors (Lipinski definition) is 1. The van der Waals surface area contributed by atoms with Crippen LogP contribution in [0.15, 0.2) is 21.0 Å².